The van der Waals surface area contributed by atoms with E-state index < -0.39 is 11.9 Å². The van der Waals surface area contributed by atoms with Crippen LogP contribution >= 0.6 is 0 Å². The topological polar surface area (TPSA) is 52.6 Å². The van der Waals surface area contributed by atoms with E-state index in [0.717, 1.165) is 12.2 Å². The molecule has 0 aliphatic heterocycles. The fraction of sp³-hybridized carbons (Fsp3) is 0.333. The molecule has 0 atom stereocenters. The zero-order valence-electron chi connectivity index (χ0n) is 5.79. The summed E-state index contributed by atoms with van der Waals surface area (Å²) >= 11 is 0. The van der Waals surface area contributed by atoms with Gasteiger partial charge in [0.15, 0.2) is 0 Å². The molecular weight excluding hydrogens is 255 g/mol. The average Bonchev–Trinajstić information content (AvgIpc) is 1.99. The molecule has 5 heteroatoms. The summed E-state index contributed by atoms with van der Waals surface area (Å²) < 4.78 is 8.42. The maximum absolute atomic E-state index is 10.3. The van der Waals surface area contributed by atoms with E-state index in [4.69, 9.17) is 0 Å². The van der Waals surface area contributed by atoms with E-state index in [0.29, 0.717) is 0 Å². The second kappa shape index (κ2) is 7.58. The van der Waals surface area contributed by atoms with Crippen LogP contribution in [0.5, 0.6) is 0 Å². The first kappa shape index (κ1) is 13.1. The van der Waals surface area contributed by atoms with Crippen LogP contribution in [0.3, 0.4) is 0 Å². The summed E-state index contributed by atoms with van der Waals surface area (Å²) in [5, 5.41) is 0. The third-order valence-electron chi connectivity index (χ3n) is 0.758. The van der Waals surface area contributed by atoms with Gasteiger partial charge in [0.2, 0.25) is 0 Å². The molecule has 0 heterocycles. The first-order chi connectivity index (χ1) is 4.70. The molecule has 0 aliphatic rings. The summed E-state index contributed by atoms with van der Waals surface area (Å²) in [6.07, 6.45) is 1.98. The summed E-state index contributed by atoms with van der Waals surface area (Å²) in [5.41, 5.74) is 0. The van der Waals surface area contributed by atoms with Crippen LogP contribution in [0.1, 0.15) is 0 Å². The predicted molar refractivity (Wildman–Crippen MR) is 44.5 cm³/mol. The van der Waals surface area contributed by atoms with Crippen LogP contribution in [0.4, 0.5) is 0 Å². The van der Waals surface area contributed by atoms with E-state index in [2.05, 4.69) is 9.47 Å². The molecule has 0 aromatic rings. The molecule has 0 amide bonds. The van der Waals surface area contributed by atoms with E-state index in [1.807, 2.05) is 0 Å². The zero-order valence-corrected chi connectivity index (χ0v) is 5.79. The van der Waals surface area contributed by atoms with Crippen molar-refractivity contribution < 1.29 is 19.1 Å². The van der Waals surface area contributed by atoms with Gasteiger partial charge < -0.3 is 9.47 Å². The van der Waals surface area contributed by atoms with Gasteiger partial charge in [-0.05, 0) is 0 Å². The first-order valence-electron chi connectivity index (χ1n) is 2.54. The molecule has 0 aromatic heterocycles. The van der Waals surface area contributed by atoms with Gasteiger partial charge >= 0.3 is 35.8 Å². The minimum atomic E-state index is -0.578. The van der Waals surface area contributed by atoms with Crippen LogP contribution in [0, 0.1) is 0 Å². The molecule has 0 radical (unpaired) electrons. The number of hydrogen-bond acceptors (Lipinski definition) is 4. The van der Waals surface area contributed by atoms with Crippen LogP contribution in [0.15, 0.2) is 12.2 Å². The SMILES string of the molecule is COC(=O)/C=C\C(=O)OC.[SnH4]. The molecular formula is C6H12O4Sn. The van der Waals surface area contributed by atoms with Gasteiger partial charge in [0, 0.05) is 12.2 Å². The van der Waals surface area contributed by atoms with E-state index in [1.165, 1.54) is 14.2 Å². The molecule has 11 heavy (non-hydrogen) atoms. The molecule has 0 saturated carbocycles. The van der Waals surface area contributed by atoms with Crippen LogP contribution in [-0.4, -0.2) is 50.1 Å². The number of carbonyl (C=O) groups excluding carboxylic acids is 2. The van der Waals surface area contributed by atoms with E-state index >= 15 is 0 Å². The second-order valence-corrected chi connectivity index (χ2v) is 1.38. The van der Waals surface area contributed by atoms with E-state index in [-0.39, 0.29) is 23.9 Å². The molecule has 0 spiro atoms. The minimum absolute atomic E-state index is 0. The van der Waals surface area contributed by atoms with Crippen molar-refractivity contribution >= 4 is 35.8 Å². The first-order valence-corrected chi connectivity index (χ1v) is 2.54. The van der Waals surface area contributed by atoms with Crippen molar-refractivity contribution in [2.75, 3.05) is 14.2 Å². The van der Waals surface area contributed by atoms with Gasteiger partial charge in [-0.2, -0.15) is 0 Å². The Morgan fingerprint density at radius 1 is 1.00 bits per heavy atom. The number of methoxy groups -OCH3 is 2. The number of hydrogen-bond donors (Lipinski definition) is 0. The summed E-state index contributed by atoms with van der Waals surface area (Å²) in [6, 6.07) is 0. The number of esters is 2. The van der Waals surface area contributed by atoms with Crippen LogP contribution in [0.2, 0.25) is 0 Å². The van der Waals surface area contributed by atoms with Gasteiger partial charge in [0.1, 0.15) is 0 Å². The fourth-order valence-corrected chi connectivity index (χ4v) is 0.272. The number of rotatable bonds is 2. The van der Waals surface area contributed by atoms with Crippen molar-refractivity contribution in [2.45, 2.75) is 0 Å². The Labute approximate surface area is 81.5 Å². The summed E-state index contributed by atoms with van der Waals surface area (Å²) in [6.45, 7) is 0. The summed E-state index contributed by atoms with van der Waals surface area (Å²) in [5.74, 6) is -1.16. The second-order valence-electron chi connectivity index (χ2n) is 1.38. The van der Waals surface area contributed by atoms with Gasteiger partial charge in [-0.25, -0.2) is 9.59 Å². The Hall–Kier alpha value is -0.521. The fourth-order valence-electron chi connectivity index (χ4n) is 0.272. The number of ether oxygens (including phenoxy) is 2. The van der Waals surface area contributed by atoms with E-state index in [9.17, 15) is 9.59 Å². The van der Waals surface area contributed by atoms with Crippen molar-refractivity contribution in [3.63, 3.8) is 0 Å². The molecule has 0 fully saturated rings. The molecule has 0 saturated heterocycles. The Morgan fingerprint density at radius 3 is 1.45 bits per heavy atom. The Kier molecular flexibility index (Phi) is 9.03. The standard InChI is InChI=1S/C6H8O4.Sn.4H/c1-9-5(7)3-4-6(8)10-2;;;;;/h3-4H,1-2H3;;;;;/b4-3-;;;;;. The third-order valence-corrected chi connectivity index (χ3v) is 0.758. The van der Waals surface area contributed by atoms with Gasteiger partial charge in [0.25, 0.3) is 0 Å². The van der Waals surface area contributed by atoms with Crippen LogP contribution < -0.4 is 0 Å². The maximum atomic E-state index is 10.3. The number of carbonyl (C=O) groups is 2. The van der Waals surface area contributed by atoms with Crippen molar-refractivity contribution in [3.8, 4) is 0 Å². The Balaban J connectivity index is 0. The van der Waals surface area contributed by atoms with Crippen molar-refractivity contribution in [2.24, 2.45) is 0 Å². The molecule has 0 aromatic carbocycles. The van der Waals surface area contributed by atoms with Gasteiger partial charge in [-0.1, -0.05) is 0 Å². The average molecular weight is 267 g/mol. The molecule has 0 aliphatic carbocycles. The van der Waals surface area contributed by atoms with Crippen molar-refractivity contribution in [3.05, 3.63) is 12.2 Å². The van der Waals surface area contributed by atoms with Crippen molar-refractivity contribution in [1.82, 2.24) is 0 Å². The van der Waals surface area contributed by atoms with Crippen LogP contribution in [0.25, 0.3) is 0 Å². The van der Waals surface area contributed by atoms with Crippen molar-refractivity contribution in [1.29, 1.82) is 0 Å². The Morgan fingerprint density at radius 2 is 1.27 bits per heavy atom. The van der Waals surface area contributed by atoms with Crippen LogP contribution in [-0.2, 0) is 19.1 Å². The van der Waals surface area contributed by atoms with Gasteiger partial charge in [-0.3, -0.25) is 0 Å². The molecule has 0 N–H and O–H groups in total. The summed E-state index contributed by atoms with van der Waals surface area (Å²) in [4.78, 5) is 20.6. The molecule has 4 nitrogen and oxygen atoms in total. The van der Waals surface area contributed by atoms with E-state index in [1.54, 1.807) is 0 Å². The summed E-state index contributed by atoms with van der Waals surface area (Å²) in [7, 11) is 2.45. The Bertz CT molecular complexity index is 146. The van der Waals surface area contributed by atoms with Gasteiger partial charge in [0.05, 0.1) is 14.2 Å². The monoisotopic (exact) mass is 268 g/mol. The third kappa shape index (κ3) is 7.37. The molecule has 64 valence electrons. The zero-order chi connectivity index (χ0) is 7.98. The molecule has 0 unspecified atom stereocenters. The molecule has 0 bridgehead atoms. The van der Waals surface area contributed by atoms with Gasteiger partial charge in [-0.15, -0.1) is 0 Å². The predicted octanol–water partition coefficient (Wildman–Crippen LogP) is -1.56. The normalized spacial score (nSPS) is 8.55. The molecule has 0 rings (SSSR count). The quantitative estimate of drug-likeness (QED) is 0.345.